The largest absolute Gasteiger partial charge is 0.368 e. The summed E-state index contributed by atoms with van der Waals surface area (Å²) in [5.41, 5.74) is 0. The molecule has 0 bridgehead atoms. The van der Waals surface area contributed by atoms with E-state index in [2.05, 4.69) is 0 Å². The first-order valence-electron chi connectivity index (χ1n) is 5.17. The van der Waals surface area contributed by atoms with E-state index in [4.69, 9.17) is 10.2 Å². The van der Waals surface area contributed by atoms with Gasteiger partial charge in [-0.15, -0.1) is 0 Å². The second-order valence-electron chi connectivity index (χ2n) is 3.87. The summed E-state index contributed by atoms with van der Waals surface area (Å²) in [6, 6.07) is 0. The number of aliphatic hydroxyl groups excluding tert-OH is 1. The summed E-state index contributed by atoms with van der Waals surface area (Å²) in [5.74, 6) is 0.142. The van der Waals surface area contributed by atoms with Crippen LogP contribution in [0, 0.1) is 5.92 Å². The number of hydrogen-bond donors (Lipinski definition) is 2. The van der Waals surface area contributed by atoms with Crippen molar-refractivity contribution in [3.05, 3.63) is 0 Å². The fourth-order valence-corrected chi connectivity index (χ4v) is 1.96. The van der Waals surface area contributed by atoms with Gasteiger partial charge in [-0.2, -0.15) is 0 Å². The highest BCUT2D eigenvalue weighted by atomic mass is 16.5. The smallest absolute Gasteiger partial charge is 0.154 e. The minimum absolute atomic E-state index is 0.142. The highest BCUT2D eigenvalue weighted by molar-refractivity contribution is 4.63. The molecule has 0 aromatic heterocycles. The molecule has 12 heavy (non-hydrogen) atoms. The molecule has 0 atom stereocenters. The maximum atomic E-state index is 9.04. The van der Waals surface area contributed by atoms with Gasteiger partial charge < -0.3 is 10.2 Å². The molecule has 1 aliphatic rings. The van der Waals surface area contributed by atoms with Crippen LogP contribution in [0.1, 0.15) is 51.4 Å². The maximum Gasteiger partial charge on any atom is 0.154 e. The van der Waals surface area contributed by atoms with Crippen LogP contribution in [0.4, 0.5) is 0 Å². The van der Waals surface area contributed by atoms with Crippen LogP contribution in [-0.2, 0) is 0 Å². The molecule has 1 rings (SSSR count). The van der Waals surface area contributed by atoms with E-state index in [9.17, 15) is 0 Å². The van der Waals surface area contributed by atoms with E-state index in [0.717, 1.165) is 12.8 Å². The molecule has 0 radical (unpaired) electrons. The van der Waals surface area contributed by atoms with E-state index >= 15 is 0 Å². The SMILES string of the molecule is OC(O)C1CCCCCCCC1. The van der Waals surface area contributed by atoms with Crippen molar-refractivity contribution in [2.75, 3.05) is 0 Å². The zero-order valence-electron chi connectivity index (χ0n) is 7.71. The summed E-state index contributed by atoms with van der Waals surface area (Å²) >= 11 is 0. The van der Waals surface area contributed by atoms with Gasteiger partial charge in [0, 0.05) is 5.92 Å². The van der Waals surface area contributed by atoms with Crippen molar-refractivity contribution < 1.29 is 10.2 Å². The van der Waals surface area contributed by atoms with Crippen LogP contribution >= 0.6 is 0 Å². The average molecular weight is 172 g/mol. The molecule has 0 unspecified atom stereocenters. The second-order valence-corrected chi connectivity index (χ2v) is 3.87. The van der Waals surface area contributed by atoms with Gasteiger partial charge in [-0.05, 0) is 12.8 Å². The van der Waals surface area contributed by atoms with E-state index in [1.54, 1.807) is 0 Å². The Morgan fingerprint density at radius 3 is 1.58 bits per heavy atom. The van der Waals surface area contributed by atoms with E-state index in [-0.39, 0.29) is 5.92 Å². The summed E-state index contributed by atoms with van der Waals surface area (Å²) in [6.45, 7) is 0. The molecule has 1 aliphatic carbocycles. The molecular formula is C10H20O2. The van der Waals surface area contributed by atoms with E-state index < -0.39 is 6.29 Å². The van der Waals surface area contributed by atoms with Crippen LogP contribution in [-0.4, -0.2) is 16.5 Å². The van der Waals surface area contributed by atoms with Gasteiger partial charge in [0.2, 0.25) is 0 Å². The fourth-order valence-electron chi connectivity index (χ4n) is 1.96. The minimum atomic E-state index is -1.08. The molecule has 72 valence electrons. The van der Waals surface area contributed by atoms with Crippen molar-refractivity contribution in [2.24, 2.45) is 5.92 Å². The molecule has 0 amide bonds. The molecule has 2 N–H and O–H groups in total. The molecule has 1 saturated carbocycles. The molecule has 2 nitrogen and oxygen atoms in total. The lowest BCUT2D eigenvalue weighted by Gasteiger charge is -2.17. The van der Waals surface area contributed by atoms with Gasteiger partial charge in [0.05, 0.1) is 0 Å². The van der Waals surface area contributed by atoms with Gasteiger partial charge in [0.25, 0.3) is 0 Å². The van der Waals surface area contributed by atoms with Crippen molar-refractivity contribution in [2.45, 2.75) is 57.7 Å². The summed E-state index contributed by atoms with van der Waals surface area (Å²) in [7, 11) is 0. The van der Waals surface area contributed by atoms with E-state index in [1.165, 1.54) is 38.5 Å². The summed E-state index contributed by atoms with van der Waals surface area (Å²) in [4.78, 5) is 0. The molecule has 0 heterocycles. The van der Waals surface area contributed by atoms with Crippen LogP contribution in [0.15, 0.2) is 0 Å². The monoisotopic (exact) mass is 172 g/mol. The Morgan fingerprint density at radius 2 is 1.17 bits per heavy atom. The van der Waals surface area contributed by atoms with Gasteiger partial charge in [0.15, 0.2) is 6.29 Å². The first-order chi connectivity index (χ1) is 5.80. The molecule has 1 fully saturated rings. The van der Waals surface area contributed by atoms with Gasteiger partial charge in [-0.3, -0.25) is 0 Å². The Balaban J connectivity index is 2.28. The van der Waals surface area contributed by atoms with E-state index in [1.807, 2.05) is 0 Å². The summed E-state index contributed by atoms with van der Waals surface area (Å²) in [6.07, 6.45) is 8.44. The predicted molar refractivity (Wildman–Crippen MR) is 48.7 cm³/mol. The number of hydrogen-bond acceptors (Lipinski definition) is 2. The van der Waals surface area contributed by atoms with Crippen molar-refractivity contribution in [1.29, 1.82) is 0 Å². The van der Waals surface area contributed by atoms with Gasteiger partial charge >= 0.3 is 0 Å². The third-order valence-electron chi connectivity index (χ3n) is 2.82. The van der Waals surface area contributed by atoms with Crippen LogP contribution in [0.5, 0.6) is 0 Å². The van der Waals surface area contributed by atoms with Crippen molar-refractivity contribution in [3.8, 4) is 0 Å². The van der Waals surface area contributed by atoms with Gasteiger partial charge in [-0.1, -0.05) is 38.5 Å². The Morgan fingerprint density at radius 1 is 0.750 bits per heavy atom. The molecule has 2 heteroatoms. The Hall–Kier alpha value is -0.0800. The topological polar surface area (TPSA) is 40.5 Å². The van der Waals surface area contributed by atoms with Crippen molar-refractivity contribution in [1.82, 2.24) is 0 Å². The molecule has 0 spiro atoms. The quantitative estimate of drug-likeness (QED) is 0.594. The van der Waals surface area contributed by atoms with Crippen molar-refractivity contribution >= 4 is 0 Å². The lowest BCUT2D eigenvalue weighted by Crippen LogP contribution is -2.19. The molecule has 0 saturated heterocycles. The van der Waals surface area contributed by atoms with Crippen LogP contribution in [0.2, 0.25) is 0 Å². The zero-order chi connectivity index (χ0) is 8.81. The molecule has 0 aromatic carbocycles. The molecular weight excluding hydrogens is 152 g/mol. The standard InChI is InChI=1S/C10H20O2/c11-10(12)9-7-5-3-1-2-4-6-8-9/h9-12H,1-8H2. The third kappa shape index (κ3) is 3.55. The normalized spacial score (nSPS) is 23.2. The highest BCUT2D eigenvalue weighted by Crippen LogP contribution is 2.23. The zero-order valence-corrected chi connectivity index (χ0v) is 7.71. The predicted octanol–water partition coefficient (Wildman–Crippen LogP) is 2.05. The minimum Gasteiger partial charge on any atom is -0.368 e. The second kappa shape index (κ2) is 5.55. The first-order valence-corrected chi connectivity index (χ1v) is 5.17. The van der Waals surface area contributed by atoms with Crippen LogP contribution in [0.25, 0.3) is 0 Å². The molecule has 0 aliphatic heterocycles. The van der Waals surface area contributed by atoms with E-state index in [0.29, 0.717) is 0 Å². The highest BCUT2D eigenvalue weighted by Gasteiger charge is 2.16. The first kappa shape index (κ1) is 10.0. The molecule has 0 aromatic rings. The van der Waals surface area contributed by atoms with Crippen LogP contribution < -0.4 is 0 Å². The lowest BCUT2D eigenvalue weighted by molar-refractivity contribution is -0.0886. The van der Waals surface area contributed by atoms with Crippen molar-refractivity contribution in [3.63, 3.8) is 0 Å². The third-order valence-corrected chi connectivity index (χ3v) is 2.82. The lowest BCUT2D eigenvalue weighted by atomic mass is 9.96. The van der Waals surface area contributed by atoms with Crippen LogP contribution in [0.3, 0.4) is 0 Å². The fraction of sp³-hybridized carbons (Fsp3) is 1.00. The number of aliphatic hydroxyl groups is 2. The van der Waals surface area contributed by atoms with Gasteiger partial charge in [-0.25, -0.2) is 0 Å². The average Bonchev–Trinajstić information content (AvgIpc) is 2.15. The Labute approximate surface area is 74.6 Å². The summed E-state index contributed by atoms with van der Waals surface area (Å²) < 4.78 is 0. The Bertz CT molecular complexity index is 102. The number of rotatable bonds is 1. The maximum absolute atomic E-state index is 9.04. The van der Waals surface area contributed by atoms with Gasteiger partial charge in [0.1, 0.15) is 0 Å². The Kier molecular flexibility index (Phi) is 4.62. The summed E-state index contributed by atoms with van der Waals surface area (Å²) in [5, 5.41) is 18.1.